The third-order valence-electron chi connectivity index (χ3n) is 5.22. The quantitative estimate of drug-likeness (QED) is 0.516. The maximum Gasteiger partial charge on any atom is 0.224 e. The molecule has 1 aromatic carbocycles. The monoisotopic (exact) mass is 368 g/mol. The van der Waals surface area contributed by atoms with E-state index in [4.69, 9.17) is 9.72 Å². The summed E-state index contributed by atoms with van der Waals surface area (Å²) < 4.78 is 6.14. The lowest BCUT2D eigenvalue weighted by Gasteiger charge is -2.11. The van der Waals surface area contributed by atoms with Crippen LogP contribution in [-0.4, -0.2) is 26.5 Å². The second-order valence-electron chi connectivity index (χ2n) is 7.21. The topological polar surface area (TPSA) is 60.8 Å². The summed E-state index contributed by atoms with van der Waals surface area (Å²) in [5.74, 6) is 2.26. The molecule has 0 radical (unpaired) electrons. The van der Waals surface area contributed by atoms with Crippen molar-refractivity contribution < 1.29 is 4.74 Å². The zero-order valence-electron chi connectivity index (χ0n) is 15.6. The molecule has 0 spiro atoms. The second-order valence-corrected chi connectivity index (χ2v) is 7.21. The highest BCUT2D eigenvalue weighted by atomic mass is 16.5. The number of nitrogens with zero attached hydrogens (tertiary/aromatic N) is 4. The van der Waals surface area contributed by atoms with Crippen LogP contribution in [0, 0.1) is 12.8 Å². The van der Waals surface area contributed by atoms with Gasteiger partial charge in [-0.25, -0.2) is 4.98 Å². The Morgan fingerprint density at radius 3 is 2.75 bits per heavy atom. The molecule has 0 unspecified atom stereocenters. The zero-order chi connectivity index (χ0) is 18.9. The number of aromatic nitrogens is 4. The fourth-order valence-electron chi connectivity index (χ4n) is 3.56. The minimum Gasteiger partial charge on any atom is -0.477 e. The lowest BCUT2D eigenvalue weighted by Crippen LogP contribution is -2.05. The maximum atomic E-state index is 6.14. The predicted molar refractivity (Wildman–Crippen MR) is 108 cm³/mol. The van der Waals surface area contributed by atoms with Gasteiger partial charge in [-0.15, -0.1) is 0 Å². The molecular formula is C23H20N4O. The Hall–Kier alpha value is -3.34. The molecule has 5 heteroatoms. The summed E-state index contributed by atoms with van der Waals surface area (Å²) >= 11 is 0. The first-order valence-corrected chi connectivity index (χ1v) is 9.50. The van der Waals surface area contributed by atoms with Crippen molar-refractivity contribution in [3.63, 3.8) is 0 Å². The van der Waals surface area contributed by atoms with E-state index in [-0.39, 0.29) is 0 Å². The van der Waals surface area contributed by atoms with Crippen LogP contribution >= 0.6 is 0 Å². The van der Waals surface area contributed by atoms with Gasteiger partial charge in [-0.3, -0.25) is 9.97 Å². The number of benzene rings is 1. The molecule has 1 saturated carbocycles. The van der Waals surface area contributed by atoms with Gasteiger partial charge in [0.2, 0.25) is 5.88 Å². The summed E-state index contributed by atoms with van der Waals surface area (Å²) in [5, 5.41) is 1.18. The number of fused-ring (bicyclic) bond motifs is 1. The minimum atomic E-state index is 0.455. The van der Waals surface area contributed by atoms with E-state index in [2.05, 4.69) is 39.2 Å². The molecule has 1 aliphatic rings. The predicted octanol–water partition coefficient (Wildman–Crippen LogP) is 4.58. The number of hydrogen-bond donors (Lipinski definition) is 0. The molecule has 0 amide bonds. The van der Waals surface area contributed by atoms with Gasteiger partial charge in [0, 0.05) is 41.5 Å². The van der Waals surface area contributed by atoms with E-state index in [1.807, 2.05) is 37.4 Å². The molecule has 1 aliphatic carbocycles. The van der Waals surface area contributed by atoms with Crippen molar-refractivity contribution in [3.05, 3.63) is 78.6 Å². The summed E-state index contributed by atoms with van der Waals surface area (Å²) in [6, 6.07) is 16.4. The average molecular weight is 368 g/mol. The first kappa shape index (κ1) is 16.8. The van der Waals surface area contributed by atoms with Gasteiger partial charge in [0.05, 0.1) is 17.7 Å². The van der Waals surface area contributed by atoms with Crippen molar-refractivity contribution in [1.82, 2.24) is 19.9 Å². The van der Waals surface area contributed by atoms with Crippen molar-refractivity contribution in [2.75, 3.05) is 6.61 Å². The molecule has 138 valence electrons. The molecular weight excluding hydrogens is 348 g/mol. The number of aryl methyl sites for hydroxylation is 1. The van der Waals surface area contributed by atoms with E-state index in [0.717, 1.165) is 28.8 Å². The van der Waals surface area contributed by atoms with Crippen molar-refractivity contribution in [2.45, 2.75) is 19.3 Å². The molecule has 5 rings (SSSR count). The maximum absolute atomic E-state index is 6.14. The summed E-state index contributed by atoms with van der Waals surface area (Å²) in [6.07, 6.45) is 6.45. The van der Waals surface area contributed by atoms with Crippen LogP contribution in [-0.2, 0) is 0 Å². The van der Waals surface area contributed by atoms with Gasteiger partial charge in [0.25, 0.3) is 0 Å². The zero-order valence-corrected chi connectivity index (χ0v) is 15.6. The lowest BCUT2D eigenvalue weighted by atomic mass is 10.1. The number of rotatable bonds is 5. The van der Waals surface area contributed by atoms with E-state index in [0.29, 0.717) is 30.1 Å². The third-order valence-corrected chi connectivity index (χ3v) is 5.22. The molecule has 4 aromatic rings. The summed E-state index contributed by atoms with van der Waals surface area (Å²) in [5.41, 5.74) is 4.11. The van der Waals surface area contributed by atoms with Crippen LogP contribution < -0.4 is 4.74 Å². The van der Waals surface area contributed by atoms with Gasteiger partial charge in [0.1, 0.15) is 5.82 Å². The molecule has 3 heterocycles. The Morgan fingerprint density at radius 2 is 1.86 bits per heavy atom. The van der Waals surface area contributed by atoms with Crippen LogP contribution in [0.25, 0.3) is 22.0 Å². The van der Waals surface area contributed by atoms with Crippen LogP contribution in [0.3, 0.4) is 0 Å². The standard InChI is InChI=1S/C23H20N4O/c1-15-25-13-20(16-8-10-24-11-9-16)23(26-15)28-14-18-12-19(18)22-7-6-17-4-2-3-5-21(17)27-22/h2-11,13,18-19H,12,14H2,1H3/t18-,19+/m1/s1. The smallest absolute Gasteiger partial charge is 0.224 e. The molecule has 1 fully saturated rings. The summed E-state index contributed by atoms with van der Waals surface area (Å²) in [7, 11) is 0. The highest BCUT2D eigenvalue weighted by molar-refractivity contribution is 5.78. The lowest BCUT2D eigenvalue weighted by molar-refractivity contribution is 0.285. The van der Waals surface area contributed by atoms with Crippen molar-refractivity contribution in [1.29, 1.82) is 0 Å². The van der Waals surface area contributed by atoms with Crippen molar-refractivity contribution >= 4 is 10.9 Å². The van der Waals surface area contributed by atoms with Crippen LogP contribution in [0.2, 0.25) is 0 Å². The highest BCUT2D eigenvalue weighted by Crippen LogP contribution is 2.47. The van der Waals surface area contributed by atoms with E-state index in [1.165, 1.54) is 5.39 Å². The Labute approximate surface area is 163 Å². The molecule has 0 aliphatic heterocycles. The van der Waals surface area contributed by atoms with Gasteiger partial charge in [-0.05, 0) is 43.2 Å². The molecule has 0 N–H and O–H groups in total. The Morgan fingerprint density at radius 1 is 1.00 bits per heavy atom. The van der Waals surface area contributed by atoms with E-state index < -0.39 is 0 Å². The molecule has 0 saturated heterocycles. The summed E-state index contributed by atoms with van der Waals surface area (Å²) in [6.45, 7) is 2.51. The first-order valence-electron chi connectivity index (χ1n) is 9.50. The average Bonchev–Trinajstić information content (AvgIpc) is 3.52. The normalized spacial score (nSPS) is 18.2. The van der Waals surface area contributed by atoms with Crippen molar-refractivity contribution in [3.8, 4) is 17.0 Å². The first-order chi connectivity index (χ1) is 13.8. The minimum absolute atomic E-state index is 0.455. The Kier molecular flexibility index (Phi) is 4.20. The SMILES string of the molecule is Cc1ncc(-c2ccncc2)c(OC[C@H]2C[C@@H]2c2ccc3ccccc3n2)n1. The fraction of sp³-hybridized carbons (Fsp3) is 0.217. The molecule has 5 nitrogen and oxygen atoms in total. The van der Waals surface area contributed by atoms with Gasteiger partial charge < -0.3 is 4.74 Å². The number of pyridine rings is 2. The van der Waals surface area contributed by atoms with Gasteiger partial charge in [-0.1, -0.05) is 24.3 Å². The second kappa shape index (κ2) is 7.00. The fourth-order valence-corrected chi connectivity index (χ4v) is 3.56. The number of ether oxygens (including phenoxy) is 1. The molecule has 2 atom stereocenters. The van der Waals surface area contributed by atoms with Crippen LogP contribution in [0.15, 0.2) is 67.1 Å². The van der Waals surface area contributed by atoms with E-state index in [9.17, 15) is 0 Å². The number of para-hydroxylation sites is 1. The Balaban J connectivity index is 1.32. The molecule has 28 heavy (non-hydrogen) atoms. The highest BCUT2D eigenvalue weighted by Gasteiger charge is 2.40. The Bertz CT molecular complexity index is 1130. The van der Waals surface area contributed by atoms with Gasteiger partial charge >= 0.3 is 0 Å². The van der Waals surface area contributed by atoms with E-state index in [1.54, 1.807) is 12.4 Å². The largest absolute Gasteiger partial charge is 0.477 e. The van der Waals surface area contributed by atoms with Gasteiger partial charge in [0.15, 0.2) is 0 Å². The van der Waals surface area contributed by atoms with Crippen LogP contribution in [0.4, 0.5) is 0 Å². The molecule has 3 aromatic heterocycles. The summed E-state index contributed by atoms with van der Waals surface area (Å²) in [4.78, 5) is 17.8. The molecule has 0 bridgehead atoms. The van der Waals surface area contributed by atoms with Crippen molar-refractivity contribution in [2.24, 2.45) is 5.92 Å². The number of hydrogen-bond acceptors (Lipinski definition) is 5. The third kappa shape index (κ3) is 3.31. The van der Waals surface area contributed by atoms with Gasteiger partial charge in [-0.2, -0.15) is 4.98 Å². The van der Waals surface area contributed by atoms with Crippen LogP contribution in [0.5, 0.6) is 5.88 Å². The van der Waals surface area contributed by atoms with Crippen LogP contribution in [0.1, 0.15) is 23.9 Å². The van der Waals surface area contributed by atoms with E-state index >= 15 is 0 Å².